The summed E-state index contributed by atoms with van der Waals surface area (Å²) in [5, 5.41) is 6.13. The highest BCUT2D eigenvalue weighted by molar-refractivity contribution is 5.99. The highest BCUT2D eigenvalue weighted by atomic mass is 19.1. The number of rotatable bonds is 3. The van der Waals surface area contributed by atoms with Crippen LogP contribution in [0.3, 0.4) is 0 Å². The lowest BCUT2D eigenvalue weighted by atomic mass is 10.2. The number of nitrogens with zero attached hydrogens (tertiary/aromatic N) is 4. The van der Waals surface area contributed by atoms with Crippen molar-refractivity contribution in [3.8, 4) is 0 Å². The molecule has 6 heteroatoms. The third-order valence-corrected chi connectivity index (χ3v) is 4.08. The Morgan fingerprint density at radius 3 is 2.48 bits per heavy atom. The molecule has 1 heterocycles. The number of halogens is 1. The van der Waals surface area contributed by atoms with Gasteiger partial charge in [0.05, 0.1) is 5.69 Å². The summed E-state index contributed by atoms with van der Waals surface area (Å²) in [7, 11) is 0. The molecule has 2 aromatic rings. The van der Waals surface area contributed by atoms with Gasteiger partial charge in [-0.15, -0.1) is 0 Å². The summed E-state index contributed by atoms with van der Waals surface area (Å²) in [6.07, 6.45) is 1.54. The maximum Gasteiger partial charge on any atom is 0.331 e. The minimum absolute atomic E-state index is 0.0705. The Morgan fingerprint density at radius 2 is 1.84 bits per heavy atom. The van der Waals surface area contributed by atoms with Crippen LogP contribution in [-0.4, -0.2) is 30.0 Å². The molecule has 0 saturated carbocycles. The third kappa shape index (κ3) is 3.47. The smallest absolute Gasteiger partial charge is 0.291 e. The predicted octanol–water partition coefficient (Wildman–Crippen LogP) is 4.19. The highest BCUT2D eigenvalue weighted by Crippen LogP contribution is 2.24. The Kier molecular flexibility index (Phi) is 4.70. The Balaban J connectivity index is 1.79. The minimum atomic E-state index is -0.326. The van der Waals surface area contributed by atoms with Gasteiger partial charge in [-0.3, -0.25) is 9.80 Å². The summed E-state index contributed by atoms with van der Waals surface area (Å²) in [5.41, 5.74) is 2.71. The van der Waals surface area contributed by atoms with E-state index >= 15 is 0 Å². The molecule has 0 bridgehead atoms. The monoisotopic (exact) mass is 340 g/mol. The van der Waals surface area contributed by atoms with Crippen LogP contribution in [0.25, 0.3) is 0 Å². The van der Waals surface area contributed by atoms with Crippen molar-refractivity contribution in [2.75, 3.05) is 16.6 Å². The standard InChI is InChI=1S/C19H21FN4O/c1-14(2)24(17-10-8-16(20)9-11-17)19(25)22-12-21-23(13-22)18-7-5-4-6-15(18)3/h4-12,14H,13H2,1-3H3. The van der Waals surface area contributed by atoms with E-state index in [0.29, 0.717) is 12.4 Å². The number of carbonyl (C=O) groups excluding carboxylic acids is 1. The first-order chi connectivity index (χ1) is 12.0. The molecule has 5 nitrogen and oxygen atoms in total. The fourth-order valence-corrected chi connectivity index (χ4v) is 2.81. The van der Waals surface area contributed by atoms with Crippen LogP contribution < -0.4 is 9.91 Å². The Labute approximate surface area is 147 Å². The summed E-state index contributed by atoms with van der Waals surface area (Å²) >= 11 is 0. The van der Waals surface area contributed by atoms with E-state index in [2.05, 4.69) is 5.10 Å². The average molecular weight is 340 g/mol. The molecule has 2 amide bonds. The van der Waals surface area contributed by atoms with Gasteiger partial charge in [0.15, 0.2) is 0 Å². The molecule has 0 unspecified atom stereocenters. The van der Waals surface area contributed by atoms with Crippen LogP contribution in [-0.2, 0) is 0 Å². The molecule has 130 valence electrons. The molecule has 0 atom stereocenters. The zero-order chi connectivity index (χ0) is 18.0. The van der Waals surface area contributed by atoms with Crippen molar-refractivity contribution in [1.82, 2.24) is 4.90 Å². The number of carbonyl (C=O) groups is 1. The summed E-state index contributed by atoms with van der Waals surface area (Å²) in [6.45, 7) is 6.20. The third-order valence-electron chi connectivity index (χ3n) is 4.08. The fourth-order valence-electron chi connectivity index (χ4n) is 2.81. The lowest BCUT2D eigenvalue weighted by molar-refractivity contribution is 0.228. The number of amides is 2. The number of benzene rings is 2. The largest absolute Gasteiger partial charge is 0.331 e. The fraction of sp³-hybridized carbons (Fsp3) is 0.263. The van der Waals surface area contributed by atoms with Crippen LogP contribution in [0, 0.1) is 12.7 Å². The van der Waals surface area contributed by atoms with E-state index in [0.717, 1.165) is 11.3 Å². The van der Waals surface area contributed by atoms with Crippen molar-refractivity contribution in [3.05, 3.63) is 59.9 Å². The van der Waals surface area contributed by atoms with Crippen LogP contribution in [0.5, 0.6) is 0 Å². The van der Waals surface area contributed by atoms with E-state index in [-0.39, 0.29) is 17.9 Å². The SMILES string of the molecule is Cc1ccccc1N1CN(C(=O)N(c2ccc(F)cc2)C(C)C)C=N1. The van der Waals surface area contributed by atoms with Gasteiger partial charge in [0.2, 0.25) is 0 Å². The van der Waals surface area contributed by atoms with Gasteiger partial charge in [-0.1, -0.05) is 18.2 Å². The maximum atomic E-state index is 13.2. The molecule has 0 spiro atoms. The second kappa shape index (κ2) is 6.93. The van der Waals surface area contributed by atoms with Gasteiger partial charge < -0.3 is 0 Å². The Hall–Kier alpha value is -2.89. The first-order valence-electron chi connectivity index (χ1n) is 8.20. The zero-order valence-electron chi connectivity index (χ0n) is 14.6. The van der Waals surface area contributed by atoms with Crippen LogP contribution in [0.1, 0.15) is 19.4 Å². The van der Waals surface area contributed by atoms with Crippen LogP contribution in [0.15, 0.2) is 53.6 Å². The van der Waals surface area contributed by atoms with Gasteiger partial charge >= 0.3 is 6.03 Å². The molecule has 0 fully saturated rings. The highest BCUT2D eigenvalue weighted by Gasteiger charge is 2.28. The van der Waals surface area contributed by atoms with E-state index in [1.165, 1.54) is 18.5 Å². The van der Waals surface area contributed by atoms with E-state index < -0.39 is 0 Å². The van der Waals surface area contributed by atoms with Crippen molar-refractivity contribution in [3.63, 3.8) is 0 Å². The summed E-state index contributed by atoms with van der Waals surface area (Å²) in [5.74, 6) is -0.326. The predicted molar refractivity (Wildman–Crippen MR) is 98.3 cm³/mol. The molecular weight excluding hydrogens is 319 g/mol. The first-order valence-corrected chi connectivity index (χ1v) is 8.20. The number of aryl methyl sites for hydroxylation is 1. The van der Waals surface area contributed by atoms with Crippen molar-refractivity contribution >= 4 is 23.7 Å². The van der Waals surface area contributed by atoms with Gasteiger partial charge in [-0.25, -0.2) is 14.2 Å². The number of hydrogen-bond donors (Lipinski definition) is 0. The lowest BCUT2D eigenvalue weighted by Crippen LogP contribution is -2.46. The number of urea groups is 1. The molecule has 0 aliphatic carbocycles. The summed E-state index contributed by atoms with van der Waals surface area (Å²) in [4.78, 5) is 16.2. The molecule has 0 N–H and O–H groups in total. The summed E-state index contributed by atoms with van der Waals surface area (Å²) in [6, 6.07) is 13.6. The van der Waals surface area contributed by atoms with Gasteiger partial charge in [0.1, 0.15) is 18.8 Å². The molecule has 0 radical (unpaired) electrons. The second-order valence-corrected chi connectivity index (χ2v) is 6.25. The number of para-hydroxylation sites is 1. The van der Waals surface area contributed by atoms with Gasteiger partial charge in [0.25, 0.3) is 0 Å². The molecule has 25 heavy (non-hydrogen) atoms. The van der Waals surface area contributed by atoms with E-state index in [4.69, 9.17) is 0 Å². The Bertz CT molecular complexity index is 788. The first kappa shape index (κ1) is 17.0. The number of anilines is 2. The van der Waals surface area contributed by atoms with Gasteiger partial charge in [-0.05, 0) is 56.7 Å². The molecule has 2 aromatic carbocycles. The van der Waals surface area contributed by atoms with Crippen molar-refractivity contribution in [1.29, 1.82) is 0 Å². The Morgan fingerprint density at radius 1 is 1.16 bits per heavy atom. The number of hydrogen-bond acceptors (Lipinski definition) is 3. The molecule has 0 saturated heterocycles. The van der Waals surface area contributed by atoms with Gasteiger partial charge in [0, 0.05) is 11.7 Å². The maximum absolute atomic E-state index is 13.2. The van der Waals surface area contributed by atoms with Crippen molar-refractivity contribution < 1.29 is 9.18 Å². The van der Waals surface area contributed by atoms with E-state index in [1.54, 1.807) is 26.9 Å². The van der Waals surface area contributed by atoms with Crippen LogP contribution in [0.4, 0.5) is 20.6 Å². The molecule has 3 rings (SSSR count). The van der Waals surface area contributed by atoms with Crippen LogP contribution in [0.2, 0.25) is 0 Å². The van der Waals surface area contributed by atoms with Crippen molar-refractivity contribution in [2.45, 2.75) is 26.8 Å². The molecule has 1 aliphatic heterocycles. The number of hydrazone groups is 1. The molecule has 0 aromatic heterocycles. The van der Waals surface area contributed by atoms with Gasteiger partial charge in [-0.2, -0.15) is 5.10 Å². The zero-order valence-corrected chi connectivity index (χ0v) is 14.6. The normalized spacial score (nSPS) is 13.6. The van der Waals surface area contributed by atoms with Crippen molar-refractivity contribution in [2.24, 2.45) is 5.10 Å². The van der Waals surface area contributed by atoms with E-state index in [9.17, 15) is 9.18 Å². The lowest BCUT2D eigenvalue weighted by Gasteiger charge is -2.30. The topological polar surface area (TPSA) is 39.1 Å². The summed E-state index contributed by atoms with van der Waals surface area (Å²) < 4.78 is 13.2. The molecule has 1 aliphatic rings. The quantitative estimate of drug-likeness (QED) is 0.840. The minimum Gasteiger partial charge on any atom is -0.291 e. The van der Waals surface area contributed by atoms with E-state index in [1.807, 2.05) is 45.0 Å². The van der Waals surface area contributed by atoms with Crippen LogP contribution >= 0.6 is 0 Å². The second-order valence-electron chi connectivity index (χ2n) is 6.25. The molecular formula is C19H21FN4O. The average Bonchev–Trinajstić information content (AvgIpc) is 3.07.